The van der Waals surface area contributed by atoms with E-state index in [9.17, 15) is 4.79 Å². The highest BCUT2D eigenvalue weighted by Gasteiger charge is 2.13. The lowest BCUT2D eigenvalue weighted by Crippen LogP contribution is -2.16. The number of amides is 1. The van der Waals surface area contributed by atoms with Gasteiger partial charge in [0.25, 0.3) is 0 Å². The van der Waals surface area contributed by atoms with Crippen LogP contribution in [0.4, 0.5) is 11.4 Å². The first-order valence-electron chi connectivity index (χ1n) is 3.90. The van der Waals surface area contributed by atoms with Crippen LogP contribution in [0.25, 0.3) is 0 Å². The minimum absolute atomic E-state index is 0.428. The number of primary amides is 1. The largest absolute Gasteiger partial charge is 0.398 e. The Morgan fingerprint density at radius 3 is 1.85 bits per heavy atom. The first-order valence-corrected chi connectivity index (χ1v) is 3.90. The van der Waals surface area contributed by atoms with Crippen molar-refractivity contribution in [3.05, 3.63) is 22.8 Å². The molecule has 0 spiro atoms. The predicted octanol–water partition coefficient (Wildman–Crippen LogP) is 0.567. The summed E-state index contributed by atoms with van der Waals surface area (Å²) in [7, 11) is 0. The molecule has 4 nitrogen and oxygen atoms in total. The van der Waals surface area contributed by atoms with Crippen LogP contribution in [0, 0.1) is 13.8 Å². The van der Waals surface area contributed by atoms with Crippen LogP contribution in [0.15, 0.2) is 6.07 Å². The van der Waals surface area contributed by atoms with Crippen molar-refractivity contribution >= 4 is 17.3 Å². The Bertz CT molecular complexity index is 345. The van der Waals surface area contributed by atoms with Crippen molar-refractivity contribution in [2.75, 3.05) is 11.5 Å². The van der Waals surface area contributed by atoms with E-state index in [-0.39, 0.29) is 0 Å². The van der Waals surface area contributed by atoms with Crippen molar-refractivity contribution in [2.24, 2.45) is 5.73 Å². The van der Waals surface area contributed by atoms with Gasteiger partial charge >= 0.3 is 0 Å². The van der Waals surface area contributed by atoms with E-state index in [4.69, 9.17) is 17.2 Å². The normalized spacial score (nSPS) is 10.0. The second-order valence-corrected chi connectivity index (χ2v) is 3.04. The summed E-state index contributed by atoms with van der Waals surface area (Å²) in [6.07, 6.45) is 0. The molecule has 1 amide bonds. The third-order valence-corrected chi connectivity index (χ3v) is 2.17. The zero-order valence-electron chi connectivity index (χ0n) is 7.72. The number of hydrogen-bond donors (Lipinski definition) is 3. The van der Waals surface area contributed by atoms with Crippen molar-refractivity contribution in [1.29, 1.82) is 0 Å². The molecule has 1 aromatic rings. The van der Waals surface area contributed by atoms with Gasteiger partial charge in [-0.1, -0.05) is 0 Å². The summed E-state index contributed by atoms with van der Waals surface area (Å²) in [6, 6.07) is 1.64. The Morgan fingerprint density at radius 1 is 1.15 bits per heavy atom. The molecular formula is C9H13N3O. The number of benzene rings is 1. The summed E-state index contributed by atoms with van der Waals surface area (Å²) in [6.45, 7) is 3.50. The first-order chi connectivity index (χ1) is 5.95. The fourth-order valence-corrected chi connectivity index (χ4v) is 1.32. The van der Waals surface area contributed by atoms with Crippen molar-refractivity contribution in [3.63, 3.8) is 0 Å². The number of hydrogen-bond acceptors (Lipinski definition) is 3. The third-order valence-electron chi connectivity index (χ3n) is 2.17. The van der Waals surface area contributed by atoms with Gasteiger partial charge in [0.2, 0.25) is 5.91 Å². The molecule has 0 unspecified atom stereocenters. The Balaban J connectivity index is 3.56. The van der Waals surface area contributed by atoms with Crippen LogP contribution in [0.1, 0.15) is 21.5 Å². The molecule has 13 heavy (non-hydrogen) atoms. The van der Waals surface area contributed by atoms with Crippen LogP contribution in [-0.4, -0.2) is 5.91 Å². The minimum atomic E-state index is -0.492. The van der Waals surface area contributed by atoms with E-state index >= 15 is 0 Å². The van der Waals surface area contributed by atoms with Gasteiger partial charge in [-0.2, -0.15) is 0 Å². The molecule has 0 atom stereocenters. The molecule has 0 saturated carbocycles. The second-order valence-electron chi connectivity index (χ2n) is 3.04. The van der Waals surface area contributed by atoms with E-state index in [0.717, 1.165) is 0 Å². The van der Waals surface area contributed by atoms with E-state index in [2.05, 4.69) is 0 Å². The van der Waals surface area contributed by atoms with Gasteiger partial charge in [0, 0.05) is 16.9 Å². The highest BCUT2D eigenvalue weighted by molar-refractivity contribution is 5.98. The number of nitrogens with two attached hydrogens (primary N) is 3. The number of carbonyl (C=O) groups is 1. The molecule has 0 aliphatic rings. The second kappa shape index (κ2) is 2.97. The fraction of sp³-hybridized carbons (Fsp3) is 0.222. The van der Waals surface area contributed by atoms with E-state index in [1.165, 1.54) is 0 Å². The SMILES string of the molecule is Cc1c(N)cc(N)c(C)c1C(N)=O. The summed E-state index contributed by atoms with van der Waals surface area (Å²) in [5, 5.41) is 0. The van der Waals surface area contributed by atoms with Crippen molar-refractivity contribution < 1.29 is 4.79 Å². The van der Waals surface area contributed by atoms with Crippen LogP contribution < -0.4 is 17.2 Å². The molecule has 6 N–H and O–H groups in total. The molecule has 0 aliphatic heterocycles. The standard InChI is InChI=1S/C9H13N3O/c1-4-6(10)3-7(11)5(2)8(4)9(12)13/h3H,10-11H2,1-2H3,(H2,12,13). The van der Waals surface area contributed by atoms with Gasteiger partial charge in [0.15, 0.2) is 0 Å². The average Bonchev–Trinajstić information content (AvgIpc) is 2.01. The molecule has 1 aromatic carbocycles. The number of anilines is 2. The van der Waals surface area contributed by atoms with Crippen LogP contribution >= 0.6 is 0 Å². The molecular weight excluding hydrogens is 166 g/mol. The van der Waals surface area contributed by atoms with Gasteiger partial charge < -0.3 is 17.2 Å². The highest BCUT2D eigenvalue weighted by Crippen LogP contribution is 2.25. The molecule has 0 aromatic heterocycles. The molecule has 4 heteroatoms. The van der Waals surface area contributed by atoms with Crippen molar-refractivity contribution in [2.45, 2.75) is 13.8 Å². The maximum absolute atomic E-state index is 11.1. The summed E-state index contributed by atoms with van der Waals surface area (Å²) >= 11 is 0. The lowest BCUT2D eigenvalue weighted by molar-refractivity contribution is 0.0999. The molecule has 0 bridgehead atoms. The minimum Gasteiger partial charge on any atom is -0.398 e. The topological polar surface area (TPSA) is 95.1 Å². The van der Waals surface area contributed by atoms with E-state index in [1.54, 1.807) is 19.9 Å². The molecule has 0 fully saturated rings. The Kier molecular flexibility index (Phi) is 2.14. The molecule has 1 rings (SSSR count). The zero-order chi connectivity index (χ0) is 10.2. The van der Waals surface area contributed by atoms with Crippen molar-refractivity contribution in [3.8, 4) is 0 Å². The zero-order valence-corrected chi connectivity index (χ0v) is 7.72. The van der Waals surface area contributed by atoms with E-state index in [0.29, 0.717) is 28.1 Å². The van der Waals surface area contributed by atoms with Gasteiger partial charge in [-0.05, 0) is 31.0 Å². The van der Waals surface area contributed by atoms with Gasteiger partial charge in [0.05, 0.1) is 0 Å². The fourth-order valence-electron chi connectivity index (χ4n) is 1.32. The predicted molar refractivity (Wildman–Crippen MR) is 53.3 cm³/mol. The summed E-state index contributed by atoms with van der Waals surface area (Å²) in [5.41, 5.74) is 19.3. The van der Waals surface area contributed by atoms with Crippen LogP contribution in [-0.2, 0) is 0 Å². The van der Waals surface area contributed by atoms with E-state index < -0.39 is 5.91 Å². The summed E-state index contributed by atoms with van der Waals surface area (Å²) in [5.74, 6) is -0.492. The van der Waals surface area contributed by atoms with Gasteiger partial charge in [-0.25, -0.2) is 0 Å². The summed E-state index contributed by atoms with van der Waals surface area (Å²) < 4.78 is 0. The number of rotatable bonds is 1. The maximum Gasteiger partial charge on any atom is 0.249 e. The average molecular weight is 179 g/mol. The Hall–Kier alpha value is -1.71. The number of nitrogen functional groups attached to an aromatic ring is 2. The summed E-state index contributed by atoms with van der Waals surface area (Å²) in [4.78, 5) is 11.1. The smallest absolute Gasteiger partial charge is 0.249 e. The monoisotopic (exact) mass is 179 g/mol. The molecule has 0 heterocycles. The van der Waals surface area contributed by atoms with Gasteiger partial charge in [0.1, 0.15) is 0 Å². The van der Waals surface area contributed by atoms with Crippen LogP contribution in [0.5, 0.6) is 0 Å². The lowest BCUT2D eigenvalue weighted by Gasteiger charge is -2.11. The van der Waals surface area contributed by atoms with Gasteiger partial charge in [-0.15, -0.1) is 0 Å². The van der Waals surface area contributed by atoms with Crippen LogP contribution in [0.2, 0.25) is 0 Å². The maximum atomic E-state index is 11.1. The number of carbonyl (C=O) groups excluding carboxylic acids is 1. The van der Waals surface area contributed by atoms with Gasteiger partial charge in [-0.3, -0.25) is 4.79 Å². The Labute approximate surface area is 76.7 Å². The Morgan fingerprint density at radius 2 is 1.54 bits per heavy atom. The lowest BCUT2D eigenvalue weighted by atomic mass is 9.99. The van der Waals surface area contributed by atoms with Crippen molar-refractivity contribution in [1.82, 2.24) is 0 Å². The quantitative estimate of drug-likeness (QED) is 0.550. The highest BCUT2D eigenvalue weighted by atomic mass is 16.1. The molecule has 70 valence electrons. The first kappa shape index (κ1) is 9.38. The van der Waals surface area contributed by atoms with Crippen LogP contribution in [0.3, 0.4) is 0 Å². The van der Waals surface area contributed by atoms with E-state index in [1.807, 2.05) is 0 Å². The third kappa shape index (κ3) is 1.42. The molecule has 0 radical (unpaired) electrons. The molecule has 0 aliphatic carbocycles. The molecule has 0 saturated heterocycles.